The average Bonchev–Trinajstić information content (AvgIpc) is 2.30. The van der Waals surface area contributed by atoms with Gasteiger partial charge >= 0.3 is 0 Å². The molecule has 2 unspecified atom stereocenters. The first-order chi connectivity index (χ1) is 7.29. The monoisotopic (exact) mass is 210 g/mol. The van der Waals surface area contributed by atoms with E-state index < -0.39 is 0 Å². The maximum atomic E-state index is 5.92. The van der Waals surface area contributed by atoms with Gasteiger partial charge in [-0.2, -0.15) is 0 Å². The molecule has 1 saturated carbocycles. The molecule has 1 heterocycles. The third kappa shape index (κ3) is 2.96. The molecule has 0 radical (unpaired) electrons. The van der Waals surface area contributed by atoms with Gasteiger partial charge in [0.2, 0.25) is 0 Å². The third-order valence-corrected chi connectivity index (χ3v) is 4.59. The van der Waals surface area contributed by atoms with Crippen LogP contribution in [-0.4, -0.2) is 12.7 Å². The largest absolute Gasteiger partial charge is 0.378 e. The highest BCUT2D eigenvalue weighted by molar-refractivity contribution is 4.79. The Bertz CT molecular complexity index is 174. The van der Waals surface area contributed by atoms with Crippen molar-refractivity contribution in [1.29, 1.82) is 0 Å². The minimum atomic E-state index is 0.573. The first-order valence-electron chi connectivity index (χ1n) is 6.91. The van der Waals surface area contributed by atoms with Crippen LogP contribution in [0.15, 0.2) is 0 Å². The van der Waals surface area contributed by atoms with Crippen LogP contribution in [0.1, 0.15) is 58.8 Å². The molecule has 0 spiro atoms. The van der Waals surface area contributed by atoms with Gasteiger partial charge in [-0.3, -0.25) is 0 Å². The standard InChI is InChI=1S/C14H26O/c1-3-14-9-8-13(10-15-14)12-6-4-11(2)5-7-12/h11-14H,3-10H2,1-2H3. The maximum absolute atomic E-state index is 5.92. The molecule has 1 aliphatic carbocycles. The molecule has 15 heavy (non-hydrogen) atoms. The highest BCUT2D eigenvalue weighted by Crippen LogP contribution is 2.37. The second-order valence-corrected chi connectivity index (χ2v) is 5.72. The highest BCUT2D eigenvalue weighted by Gasteiger charge is 2.29. The van der Waals surface area contributed by atoms with Crippen LogP contribution < -0.4 is 0 Å². The number of ether oxygens (including phenoxy) is 1. The van der Waals surface area contributed by atoms with E-state index in [1.165, 1.54) is 44.9 Å². The van der Waals surface area contributed by atoms with Crippen LogP contribution in [0.3, 0.4) is 0 Å². The number of rotatable bonds is 2. The van der Waals surface area contributed by atoms with E-state index in [-0.39, 0.29) is 0 Å². The molecule has 2 fully saturated rings. The van der Waals surface area contributed by atoms with Gasteiger partial charge in [-0.15, -0.1) is 0 Å². The van der Waals surface area contributed by atoms with E-state index in [1.54, 1.807) is 0 Å². The first-order valence-corrected chi connectivity index (χ1v) is 6.91. The van der Waals surface area contributed by atoms with Crippen molar-refractivity contribution in [3.8, 4) is 0 Å². The molecule has 1 heteroatoms. The lowest BCUT2D eigenvalue weighted by molar-refractivity contribution is -0.0394. The van der Waals surface area contributed by atoms with Crippen LogP contribution in [-0.2, 0) is 4.74 Å². The van der Waals surface area contributed by atoms with Crippen LogP contribution in [0.4, 0.5) is 0 Å². The summed E-state index contributed by atoms with van der Waals surface area (Å²) in [6.45, 7) is 5.70. The summed E-state index contributed by atoms with van der Waals surface area (Å²) in [6.07, 6.45) is 10.4. The average molecular weight is 210 g/mol. The van der Waals surface area contributed by atoms with Crippen LogP contribution in [0.5, 0.6) is 0 Å². The lowest BCUT2D eigenvalue weighted by Crippen LogP contribution is -2.31. The first kappa shape index (κ1) is 11.4. The van der Waals surface area contributed by atoms with Gasteiger partial charge in [-0.05, 0) is 49.9 Å². The van der Waals surface area contributed by atoms with Crippen molar-refractivity contribution < 1.29 is 4.74 Å². The van der Waals surface area contributed by atoms with Crippen molar-refractivity contribution in [3.05, 3.63) is 0 Å². The van der Waals surface area contributed by atoms with Crippen LogP contribution in [0.25, 0.3) is 0 Å². The lowest BCUT2D eigenvalue weighted by Gasteiger charge is -2.37. The Morgan fingerprint density at radius 1 is 0.933 bits per heavy atom. The van der Waals surface area contributed by atoms with Gasteiger partial charge in [0, 0.05) is 0 Å². The Hall–Kier alpha value is -0.0400. The van der Waals surface area contributed by atoms with E-state index in [4.69, 9.17) is 4.74 Å². The van der Waals surface area contributed by atoms with Gasteiger partial charge in [0.15, 0.2) is 0 Å². The summed E-state index contributed by atoms with van der Waals surface area (Å²) >= 11 is 0. The third-order valence-electron chi connectivity index (χ3n) is 4.59. The van der Waals surface area contributed by atoms with Gasteiger partial charge in [-0.25, -0.2) is 0 Å². The highest BCUT2D eigenvalue weighted by atomic mass is 16.5. The van der Waals surface area contributed by atoms with Gasteiger partial charge < -0.3 is 4.74 Å². The zero-order valence-corrected chi connectivity index (χ0v) is 10.4. The predicted molar refractivity (Wildman–Crippen MR) is 63.9 cm³/mol. The molecule has 88 valence electrons. The van der Waals surface area contributed by atoms with Gasteiger partial charge in [0.1, 0.15) is 0 Å². The summed E-state index contributed by atoms with van der Waals surface area (Å²) in [5.74, 6) is 2.86. The van der Waals surface area contributed by atoms with Crippen molar-refractivity contribution in [2.24, 2.45) is 17.8 Å². The van der Waals surface area contributed by atoms with Crippen LogP contribution in [0.2, 0.25) is 0 Å². The van der Waals surface area contributed by atoms with Gasteiger partial charge in [0.05, 0.1) is 12.7 Å². The molecule has 0 N–H and O–H groups in total. The fraction of sp³-hybridized carbons (Fsp3) is 1.00. The molecule has 0 aromatic carbocycles. The second-order valence-electron chi connectivity index (χ2n) is 5.72. The second kappa shape index (κ2) is 5.34. The van der Waals surface area contributed by atoms with Crippen molar-refractivity contribution in [2.75, 3.05) is 6.61 Å². The summed E-state index contributed by atoms with van der Waals surface area (Å²) in [5.41, 5.74) is 0. The molecular formula is C14H26O. The minimum Gasteiger partial charge on any atom is -0.378 e. The summed E-state index contributed by atoms with van der Waals surface area (Å²) in [7, 11) is 0. The van der Waals surface area contributed by atoms with Crippen molar-refractivity contribution in [3.63, 3.8) is 0 Å². The molecule has 0 amide bonds. The Morgan fingerprint density at radius 3 is 2.13 bits per heavy atom. The van der Waals surface area contributed by atoms with E-state index in [9.17, 15) is 0 Å². The Labute approximate surface area is 94.6 Å². The van der Waals surface area contributed by atoms with E-state index in [0.717, 1.165) is 24.4 Å². The summed E-state index contributed by atoms with van der Waals surface area (Å²) in [4.78, 5) is 0. The number of hydrogen-bond acceptors (Lipinski definition) is 1. The molecule has 1 aliphatic heterocycles. The minimum absolute atomic E-state index is 0.573. The lowest BCUT2D eigenvalue weighted by atomic mass is 9.74. The molecule has 2 aliphatic rings. The molecule has 0 aromatic rings. The SMILES string of the molecule is CCC1CCC(C2CCC(C)CC2)CO1. The molecule has 1 saturated heterocycles. The van der Waals surface area contributed by atoms with Crippen LogP contribution >= 0.6 is 0 Å². The summed E-state index contributed by atoms with van der Waals surface area (Å²) in [6, 6.07) is 0. The predicted octanol–water partition coefficient (Wildman–Crippen LogP) is 4.02. The van der Waals surface area contributed by atoms with E-state index >= 15 is 0 Å². The van der Waals surface area contributed by atoms with Crippen LogP contribution in [0, 0.1) is 17.8 Å². The zero-order chi connectivity index (χ0) is 10.7. The van der Waals surface area contributed by atoms with Crippen molar-refractivity contribution in [1.82, 2.24) is 0 Å². The fourth-order valence-electron chi connectivity index (χ4n) is 3.28. The fourth-order valence-corrected chi connectivity index (χ4v) is 3.28. The zero-order valence-electron chi connectivity index (χ0n) is 10.4. The van der Waals surface area contributed by atoms with E-state index in [1.807, 2.05) is 0 Å². The number of hydrogen-bond donors (Lipinski definition) is 0. The van der Waals surface area contributed by atoms with Gasteiger partial charge in [0.25, 0.3) is 0 Å². The molecule has 0 aromatic heterocycles. The maximum Gasteiger partial charge on any atom is 0.0572 e. The summed E-state index contributed by atoms with van der Waals surface area (Å²) in [5, 5.41) is 0. The normalized spacial score (nSPS) is 42.8. The Kier molecular flexibility index (Phi) is 4.07. The van der Waals surface area contributed by atoms with E-state index in [2.05, 4.69) is 13.8 Å². The molecular weight excluding hydrogens is 184 g/mol. The van der Waals surface area contributed by atoms with Gasteiger partial charge in [-0.1, -0.05) is 26.7 Å². The van der Waals surface area contributed by atoms with Crippen molar-refractivity contribution in [2.45, 2.75) is 64.9 Å². The molecule has 1 nitrogen and oxygen atoms in total. The molecule has 0 bridgehead atoms. The summed E-state index contributed by atoms with van der Waals surface area (Å²) < 4.78 is 5.92. The quantitative estimate of drug-likeness (QED) is 0.669. The topological polar surface area (TPSA) is 9.23 Å². The molecule has 2 rings (SSSR count). The smallest absolute Gasteiger partial charge is 0.0572 e. The van der Waals surface area contributed by atoms with Crippen molar-refractivity contribution >= 4 is 0 Å². The Balaban J connectivity index is 1.75. The Morgan fingerprint density at radius 2 is 1.60 bits per heavy atom. The van der Waals surface area contributed by atoms with E-state index in [0.29, 0.717) is 6.10 Å². The molecule has 2 atom stereocenters.